The van der Waals surface area contributed by atoms with Crippen LogP contribution in [-0.4, -0.2) is 30.7 Å². The van der Waals surface area contributed by atoms with Gasteiger partial charge in [-0.1, -0.05) is 18.2 Å². The Balaban J connectivity index is 1.99. The lowest BCUT2D eigenvalue weighted by molar-refractivity contribution is 0.103. The minimum absolute atomic E-state index is 0.119. The summed E-state index contributed by atoms with van der Waals surface area (Å²) >= 11 is 0. The maximum Gasteiger partial charge on any atom is 0.193 e. The van der Waals surface area contributed by atoms with Gasteiger partial charge < -0.3 is 19.3 Å². The molecule has 27 heavy (non-hydrogen) atoms. The monoisotopic (exact) mass is 366 g/mol. The Morgan fingerprint density at radius 1 is 1.15 bits per heavy atom. The zero-order valence-electron chi connectivity index (χ0n) is 15.8. The first-order chi connectivity index (χ1) is 12.8. The number of hydrogen-bond acceptors (Lipinski definition) is 5. The van der Waals surface area contributed by atoms with E-state index in [9.17, 15) is 9.90 Å². The van der Waals surface area contributed by atoms with Crippen LogP contribution in [0.2, 0.25) is 0 Å². The van der Waals surface area contributed by atoms with Crippen molar-refractivity contribution in [3.05, 3.63) is 59.2 Å². The Morgan fingerprint density at radius 2 is 1.85 bits per heavy atom. The first-order valence-electron chi connectivity index (χ1n) is 8.53. The third kappa shape index (κ3) is 3.82. The number of carbonyl (C=O) groups is 1. The highest BCUT2D eigenvalue weighted by Gasteiger charge is 2.30. The molecule has 0 bridgehead atoms. The molecule has 0 unspecified atom stereocenters. The van der Waals surface area contributed by atoms with Gasteiger partial charge in [-0.05, 0) is 49.8 Å². The number of ketones is 1. The third-order valence-electron chi connectivity index (χ3n) is 4.29. The Bertz CT molecular complexity index is 921. The van der Waals surface area contributed by atoms with E-state index < -0.39 is 5.60 Å². The number of rotatable bonds is 5. The Hall–Kier alpha value is -3.21. The molecule has 1 aliphatic heterocycles. The van der Waals surface area contributed by atoms with Crippen molar-refractivity contribution in [1.29, 1.82) is 0 Å². The fourth-order valence-electron chi connectivity index (χ4n) is 2.86. The van der Waals surface area contributed by atoms with Crippen LogP contribution in [0.25, 0.3) is 12.2 Å². The first-order valence-corrected chi connectivity index (χ1v) is 8.53. The van der Waals surface area contributed by atoms with Crippen LogP contribution in [0.5, 0.6) is 23.0 Å². The number of phenols is 1. The molecule has 0 radical (unpaired) electrons. The van der Waals surface area contributed by atoms with Crippen LogP contribution in [0.1, 0.15) is 35.3 Å². The van der Waals surface area contributed by atoms with Crippen molar-refractivity contribution in [3.8, 4) is 23.0 Å². The number of aromatic hydroxyl groups is 1. The molecule has 0 aromatic heterocycles. The SMILES string of the molecule is COc1ccc(/C=C/C(=O)c2c(O)cc(OC)c3c2OC(C)(C)C=C3)cc1. The second-order valence-corrected chi connectivity index (χ2v) is 6.73. The van der Waals surface area contributed by atoms with E-state index >= 15 is 0 Å². The van der Waals surface area contributed by atoms with Gasteiger partial charge in [-0.2, -0.15) is 0 Å². The van der Waals surface area contributed by atoms with Gasteiger partial charge in [0.15, 0.2) is 5.78 Å². The summed E-state index contributed by atoms with van der Waals surface area (Å²) in [6, 6.07) is 8.74. The Labute approximate surface area is 158 Å². The van der Waals surface area contributed by atoms with Gasteiger partial charge in [-0.3, -0.25) is 4.79 Å². The van der Waals surface area contributed by atoms with Gasteiger partial charge >= 0.3 is 0 Å². The molecule has 2 aromatic carbocycles. The van der Waals surface area contributed by atoms with E-state index in [-0.39, 0.29) is 17.1 Å². The number of benzene rings is 2. The van der Waals surface area contributed by atoms with Crippen molar-refractivity contribution in [2.45, 2.75) is 19.4 Å². The molecular weight excluding hydrogens is 344 g/mol. The predicted octanol–water partition coefficient (Wildman–Crippen LogP) is 4.49. The van der Waals surface area contributed by atoms with Crippen molar-refractivity contribution < 1.29 is 24.1 Å². The van der Waals surface area contributed by atoms with E-state index in [2.05, 4.69) is 0 Å². The van der Waals surface area contributed by atoms with Crippen molar-refractivity contribution in [2.75, 3.05) is 14.2 Å². The molecule has 3 rings (SSSR count). The van der Waals surface area contributed by atoms with Crippen molar-refractivity contribution in [1.82, 2.24) is 0 Å². The third-order valence-corrected chi connectivity index (χ3v) is 4.29. The number of fused-ring (bicyclic) bond motifs is 1. The van der Waals surface area contributed by atoms with Gasteiger partial charge in [0, 0.05) is 6.07 Å². The van der Waals surface area contributed by atoms with E-state index in [1.54, 1.807) is 13.2 Å². The van der Waals surface area contributed by atoms with E-state index in [0.29, 0.717) is 17.1 Å². The van der Waals surface area contributed by atoms with Crippen LogP contribution < -0.4 is 14.2 Å². The maximum atomic E-state index is 12.8. The fraction of sp³-hybridized carbons (Fsp3) is 0.227. The summed E-state index contributed by atoms with van der Waals surface area (Å²) in [4.78, 5) is 12.8. The maximum absolute atomic E-state index is 12.8. The lowest BCUT2D eigenvalue weighted by Crippen LogP contribution is -2.28. The molecule has 0 aliphatic carbocycles. The highest BCUT2D eigenvalue weighted by molar-refractivity contribution is 6.11. The van der Waals surface area contributed by atoms with Crippen LogP contribution in [0.3, 0.4) is 0 Å². The largest absolute Gasteiger partial charge is 0.507 e. The molecule has 5 nitrogen and oxygen atoms in total. The highest BCUT2D eigenvalue weighted by Crippen LogP contribution is 2.44. The molecule has 0 amide bonds. The molecule has 0 saturated carbocycles. The van der Waals surface area contributed by atoms with Gasteiger partial charge in [0.1, 0.15) is 34.2 Å². The van der Waals surface area contributed by atoms with Crippen LogP contribution in [0, 0.1) is 0 Å². The van der Waals surface area contributed by atoms with Gasteiger partial charge in [0.2, 0.25) is 0 Å². The molecule has 0 saturated heterocycles. The first kappa shape index (κ1) is 18.6. The van der Waals surface area contributed by atoms with E-state index in [1.807, 2.05) is 50.3 Å². The lowest BCUT2D eigenvalue weighted by atomic mass is 9.96. The second-order valence-electron chi connectivity index (χ2n) is 6.73. The number of hydrogen-bond donors (Lipinski definition) is 1. The molecule has 0 fully saturated rings. The van der Waals surface area contributed by atoms with Crippen molar-refractivity contribution >= 4 is 17.9 Å². The number of carbonyl (C=O) groups excluding carboxylic acids is 1. The quantitative estimate of drug-likeness (QED) is 0.624. The van der Waals surface area contributed by atoms with Crippen molar-refractivity contribution in [3.63, 3.8) is 0 Å². The van der Waals surface area contributed by atoms with E-state index in [0.717, 1.165) is 11.3 Å². The van der Waals surface area contributed by atoms with Crippen LogP contribution in [0.4, 0.5) is 0 Å². The molecule has 1 aliphatic rings. The highest BCUT2D eigenvalue weighted by atomic mass is 16.5. The zero-order valence-corrected chi connectivity index (χ0v) is 15.8. The normalized spacial score (nSPS) is 14.5. The Kier molecular flexibility index (Phi) is 4.95. The van der Waals surface area contributed by atoms with Gasteiger partial charge in [0.05, 0.1) is 19.8 Å². The minimum atomic E-state index is -0.597. The summed E-state index contributed by atoms with van der Waals surface area (Å²) in [5.74, 6) is 0.978. The molecule has 5 heteroatoms. The number of ether oxygens (including phenoxy) is 3. The number of methoxy groups -OCH3 is 2. The average molecular weight is 366 g/mol. The molecule has 1 heterocycles. The molecule has 1 N–H and O–H groups in total. The van der Waals surface area contributed by atoms with Crippen LogP contribution in [-0.2, 0) is 0 Å². The molecular formula is C22H22O5. The summed E-state index contributed by atoms with van der Waals surface area (Å²) in [6.07, 6.45) is 6.83. The van der Waals surface area contributed by atoms with Crippen LogP contribution in [0.15, 0.2) is 42.5 Å². The summed E-state index contributed by atoms with van der Waals surface area (Å²) in [5.41, 5.74) is 0.997. The number of phenolic OH excluding ortho intramolecular Hbond substituents is 1. The lowest BCUT2D eigenvalue weighted by Gasteiger charge is -2.30. The molecule has 0 atom stereocenters. The van der Waals surface area contributed by atoms with Gasteiger partial charge in [0.25, 0.3) is 0 Å². The topological polar surface area (TPSA) is 65.0 Å². The standard InChI is InChI=1S/C22H22O5/c1-22(2)12-11-16-19(26-4)13-18(24)20(21(16)27-22)17(23)10-7-14-5-8-15(25-3)9-6-14/h5-13,24H,1-4H3/b10-7+. The molecule has 140 valence electrons. The summed E-state index contributed by atoms with van der Waals surface area (Å²) < 4.78 is 16.4. The van der Waals surface area contributed by atoms with Crippen molar-refractivity contribution in [2.24, 2.45) is 0 Å². The predicted molar refractivity (Wildman–Crippen MR) is 105 cm³/mol. The minimum Gasteiger partial charge on any atom is -0.507 e. The van der Waals surface area contributed by atoms with E-state index in [1.165, 1.54) is 19.3 Å². The summed E-state index contributed by atoms with van der Waals surface area (Å²) in [6.45, 7) is 3.76. The second kappa shape index (κ2) is 7.19. The summed E-state index contributed by atoms with van der Waals surface area (Å²) in [7, 11) is 3.10. The fourth-order valence-corrected chi connectivity index (χ4v) is 2.86. The Morgan fingerprint density at radius 3 is 2.48 bits per heavy atom. The molecule has 2 aromatic rings. The molecule has 0 spiro atoms. The van der Waals surface area contributed by atoms with Gasteiger partial charge in [-0.15, -0.1) is 0 Å². The zero-order chi connectivity index (χ0) is 19.6. The average Bonchev–Trinajstić information content (AvgIpc) is 2.65. The van der Waals surface area contributed by atoms with Crippen LogP contribution >= 0.6 is 0 Å². The van der Waals surface area contributed by atoms with Gasteiger partial charge in [-0.25, -0.2) is 0 Å². The smallest absolute Gasteiger partial charge is 0.193 e. The summed E-state index contributed by atoms with van der Waals surface area (Å²) in [5, 5.41) is 10.4. The van der Waals surface area contributed by atoms with E-state index in [4.69, 9.17) is 14.2 Å². The number of allylic oxidation sites excluding steroid dienone is 1.